The van der Waals surface area contributed by atoms with Crippen LogP contribution in [-0.2, 0) is 4.74 Å². The monoisotopic (exact) mass is 251 g/mol. The lowest BCUT2D eigenvalue weighted by Crippen LogP contribution is -2.22. The number of ether oxygens (including phenoxy) is 1. The minimum Gasteiger partial charge on any atom is -0.378 e. The summed E-state index contributed by atoms with van der Waals surface area (Å²) in [6.07, 6.45) is 6.79. The fourth-order valence-electron chi connectivity index (χ4n) is 2.08. The van der Waals surface area contributed by atoms with Crippen LogP contribution >= 0.6 is 0 Å². The van der Waals surface area contributed by atoms with Gasteiger partial charge in [0.05, 0.1) is 6.10 Å². The summed E-state index contributed by atoms with van der Waals surface area (Å²) >= 11 is 0. The van der Waals surface area contributed by atoms with Crippen molar-refractivity contribution in [2.45, 2.75) is 38.7 Å². The Bertz CT molecular complexity index is 379. The van der Waals surface area contributed by atoms with E-state index in [1.165, 1.54) is 19.3 Å². The molecule has 2 heterocycles. The maximum absolute atomic E-state index is 5.69. The first-order valence-corrected chi connectivity index (χ1v) is 6.45. The molecule has 0 aromatic carbocycles. The van der Waals surface area contributed by atoms with Gasteiger partial charge >= 0.3 is 0 Å². The number of aryl methyl sites for hydroxylation is 1. The molecule has 6 heteroatoms. The van der Waals surface area contributed by atoms with Crippen molar-refractivity contribution < 1.29 is 4.74 Å². The highest BCUT2D eigenvalue weighted by Crippen LogP contribution is 2.16. The molecule has 0 aliphatic carbocycles. The Morgan fingerprint density at radius 1 is 1.50 bits per heavy atom. The molecule has 0 saturated carbocycles. The quantitative estimate of drug-likeness (QED) is 0.542. The lowest BCUT2D eigenvalue weighted by molar-refractivity contribution is 0.0134. The van der Waals surface area contributed by atoms with E-state index in [0.29, 0.717) is 12.1 Å². The second-order valence-corrected chi connectivity index (χ2v) is 4.57. The summed E-state index contributed by atoms with van der Waals surface area (Å²) in [6.45, 7) is 3.73. The number of hydrogen-bond donors (Lipinski definition) is 3. The molecular weight excluding hydrogens is 230 g/mol. The molecule has 0 radical (unpaired) electrons. The predicted molar refractivity (Wildman–Crippen MR) is 71.3 cm³/mol. The molecule has 1 saturated heterocycles. The number of nitrogens with one attached hydrogen (secondary N) is 2. The first-order chi connectivity index (χ1) is 8.79. The van der Waals surface area contributed by atoms with Crippen molar-refractivity contribution in [3.05, 3.63) is 11.8 Å². The van der Waals surface area contributed by atoms with E-state index in [1.807, 2.05) is 6.92 Å². The molecule has 1 fully saturated rings. The second-order valence-electron chi connectivity index (χ2n) is 4.57. The molecule has 18 heavy (non-hydrogen) atoms. The Hall–Kier alpha value is -1.40. The van der Waals surface area contributed by atoms with Crippen LogP contribution in [-0.4, -0.2) is 29.2 Å². The average Bonchev–Trinajstić information content (AvgIpc) is 2.42. The van der Waals surface area contributed by atoms with Gasteiger partial charge in [0.2, 0.25) is 5.95 Å². The first-order valence-electron chi connectivity index (χ1n) is 6.45. The minimum atomic E-state index is 0.389. The van der Waals surface area contributed by atoms with Crippen LogP contribution in [0.2, 0.25) is 0 Å². The maximum atomic E-state index is 5.69. The van der Waals surface area contributed by atoms with Crippen LogP contribution in [0.5, 0.6) is 0 Å². The van der Waals surface area contributed by atoms with Crippen molar-refractivity contribution in [2.75, 3.05) is 23.9 Å². The third-order valence-corrected chi connectivity index (χ3v) is 3.13. The van der Waals surface area contributed by atoms with Crippen molar-refractivity contribution in [3.63, 3.8) is 0 Å². The molecule has 1 aromatic rings. The minimum absolute atomic E-state index is 0.389. The summed E-state index contributed by atoms with van der Waals surface area (Å²) in [7, 11) is 0. The van der Waals surface area contributed by atoms with Gasteiger partial charge < -0.3 is 10.1 Å². The van der Waals surface area contributed by atoms with Crippen LogP contribution < -0.4 is 16.6 Å². The Balaban J connectivity index is 1.81. The summed E-state index contributed by atoms with van der Waals surface area (Å²) in [5, 5.41) is 3.31. The molecule has 0 spiro atoms. The van der Waals surface area contributed by atoms with Crippen LogP contribution in [0, 0.1) is 6.92 Å². The molecule has 1 aliphatic heterocycles. The lowest BCUT2D eigenvalue weighted by Gasteiger charge is -2.22. The van der Waals surface area contributed by atoms with Gasteiger partial charge in [-0.25, -0.2) is 10.8 Å². The zero-order chi connectivity index (χ0) is 12.8. The summed E-state index contributed by atoms with van der Waals surface area (Å²) in [5.41, 5.74) is 3.46. The molecule has 1 aromatic heterocycles. The van der Waals surface area contributed by atoms with Gasteiger partial charge in [0, 0.05) is 24.9 Å². The topological polar surface area (TPSA) is 85.1 Å². The largest absolute Gasteiger partial charge is 0.378 e. The van der Waals surface area contributed by atoms with Gasteiger partial charge in [-0.05, 0) is 32.6 Å². The number of rotatable bonds is 5. The van der Waals surface area contributed by atoms with Gasteiger partial charge in [-0.3, -0.25) is 5.43 Å². The number of nitrogen functional groups attached to an aromatic ring is 1. The van der Waals surface area contributed by atoms with Crippen LogP contribution in [0.1, 0.15) is 31.2 Å². The van der Waals surface area contributed by atoms with E-state index in [4.69, 9.17) is 10.6 Å². The Labute approximate surface area is 107 Å². The highest BCUT2D eigenvalue weighted by atomic mass is 16.5. The Morgan fingerprint density at radius 3 is 3.11 bits per heavy atom. The van der Waals surface area contributed by atoms with E-state index in [0.717, 1.165) is 31.0 Å². The number of aromatic nitrogens is 2. The smallest absolute Gasteiger partial charge is 0.239 e. The summed E-state index contributed by atoms with van der Waals surface area (Å²) in [6, 6.07) is 0. The molecule has 100 valence electrons. The van der Waals surface area contributed by atoms with Gasteiger partial charge in [-0.2, -0.15) is 4.98 Å². The molecule has 6 nitrogen and oxygen atoms in total. The molecule has 2 rings (SSSR count). The van der Waals surface area contributed by atoms with Gasteiger partial charge in [-0.15, -0.1) is 0 Å². The molecule has 1 aliphatic rings. The average molecular weight is 251 g/mol. The molecule has 4 N–H and O–H groups in total. The van der Waals surface area contributed by atoms with Crippen LogP contribution in [0.15, 0.2) is 6.20 Å². The number of hydrazine groups is 1. The summed E-state index contributed by atoms with van der Waals surface area (Å²) < 4.78 is 5.69. The van der Waals surface area contributed by atoms with E-state index >= 15 is 0 Å². The number of nitrogens with two attached hydrogens (primary N) is 1. The van der Waals surface area contributed by atoms with Crippen molar-refractivity contribution in [2.24, 2.45) is 5.84 Å². The number of hydrogen-bond acceptors (Lipinski definition) is 6. The predicted octanol–water partition coefficient (Wildman–Crippen LogP) is 1.44. The van der Waals surface area contributed by atoms with Crippen molar-refractivity contribution >= 4 is 11.8 Å². The summed E-state index contributed by atoms with van der Waals surface area (Å²) in [5.74, 6) is 6.55. The van der Waals surface area contributed by atoms with Crippen LogP contribution in [0.25, 0.3) is 0 Å². The summed E-state index contributed by atoms with van der Waals surface area (Å²) in [4.78, 5) is 8.32. The zero-order valence-electron chi connectivity index (χ0n) is 10.8. The van der Waals surface area contributed by atoms with Crippen molar-refractivity contribution in [3.8, 4) is 0 Å². The van der Waals surface area contributed by atoms with E-state index in [9.17, 15) is 0 Å². The third-order valence-electron chi connectivity index (χ3n) is 3.13. The highest BCUT2D eigenvalue weighted by Gasteiger charge is 2.13. The first kappa shape index (κ1) is 13.0. The van der Waals surface area contributed by atoms with E-state index < -0.39 is 0 Å². The van der Waals surface area contributed by atoms with Crippen molar-refractivity contribution in [1.82, 2.24) is 9.97 Å². The maximum Gasteiger partial charge on any atom is 0.239 e. The number of nitrogens with zero attached hydrogens (tertiary/aromatic N) is 2. The fraction of sp³-hybridized carbons (Fsp3) is 0.667. The van der Waals surface area contributed by atoms with Gasteiger partial charge in [0.25, 0.3) is 0 Å². The molecule has 1 unspecified atom stereocenters. The molecular formula is C12H21N5O. The van der Waals surface area contributed by atoms with Gasteiger partial charge in [0.15, 0.2) is 0 Å². The number of anilines is 2. The Morgan fingerprint density at radius 2 is 2.39 bits per heavy atom. The standard InChI is InChI=1S/C12H21N5O/c1-9-8-15-12(17-13)16-11(9)14-6-5-10-4-2-3-7-18-10/h8,10H,2-7,13H2,1H3,(H2,14,15,16,17). The zero-order valence-corrected chi connectivity index (χ0v) is 10.8. The normalized spacial score (nSPS) is 19.6. The fourth-order valence-corrected chi connectivity index (χ4v) is 2.08. The Kier molecular flexibility index (Phi) is 4.72. The van der Waals surface area contributed by atoms with Crippen molar-refractivity contribution in [1.29, 1.82) is 0 Å². The van der Waals surface area contributed by atoms with Gasteiger partial charge in [0.1, 0.15) is 5.82 Å². The van der Waals surface area contributed by atoms with E-state index in [1.54, 1.807) is 6.20 Å². The highest BCUT2D eigenvalue weighted by molar-refractivity contribution is 5.45. The lowest BCUT2D eigenvalue weighted by atomic mass is 10.1. The van der Waals surface area contributed by atoms with E-state index in [2.05, 4.69) is 20.7 Å². The van der Waals surface area contributed by atoms with Crippen LogP contribution in [0.4, 0.5) is 11.8 Å². The van der Waals surface area contributed by atoms with Gasteiger partial charge in [-0.1, -0.05) is 0 Å². The molecule has 1 atom stereocenters. The van der Waals surface area contributed by atoms with E-state index in [-0.39, 0.29) is 0 Å². The molecule has 0 bridgehead atoms. The SMILES string of the molecule is Cc1cnc(NN)nc1NCCC1CCCCO1. The second kappa shape index (κ2) is 6.51. The van der Waals surface area contributed by atoms with Crippen LogP contribution in [0.3, 0.4) is 0 Å². The third kappa shape index (κ3) is 3.54. The molecule has 0 amide bonds.